The van der Waals surface area contributed by atoms with Crippen molar-refractivity contribution < 1.29 is 22.4 Å². The van der Waals surface area contributed by atoms with Crippen LogP contribution in [0.1, 0.15) is 107 Å². The quantitative estimate of drug-likeness (QED) is 0.324. The highest BCUT2D eigenvalue weighted by molar-refractivity contribution is 5.94. The van der Waals surface area contributed by atoms with Crippen molar-refractivity contribution in [1.82, 2.24) is 0 Å². The van der Waals surface area contributed by atoms with E-state index in [0.29, 0.717) is 11.5 Å². The first-order chi connectivity index (χ1) is 15.6. The average Bonchev–Trinajstić information content (AvgIpc) is 2.82. The summed E-state index contributed by atoms with van der Waals surface area (Å²) in [5, 5.41) is 0. The largest absolute Gasteiger partial charge is 0.395 e. The number of carbonyl (C=O) groups is 1. The molecule has 0 aliphatic heterocycles. The van der Waals surface area contributed by atoms with Gasteiger partial charge in [-0.3, -0.25) is 4.79 Å². The van der Waals surface area contributed by atoms with Gasteiger partial charge in [0.15, 0.2) is 5.78 Å². The van der Waals surface area contributed by atoms with Crippen molar-refractivity contribution in [3.05, 3.63) is 71.0 Å². The first kappa shape index (κ1) is 30.8. The normalized spacial score (nSPS) is 18.3. The van der Waals surface area contributed by atoms with E-state index in [4.69, 9.17) is 0 Å². The van der Waals surface area contributed by atoms with E-state index in [1.54, 1.807) is 12.1 Å². The van der Waals surface area contributed by atoms with Gasteiger partial charge in [0, 0.05) is 5.56 Å². The van der Waals surface area contributed by atoms with Gasteiger partial charge in [0.05, 0.1) is 5.92 Å². The summed E-state index contributed by atoms with van der Waals surface area (Å²) in [7, 11) is 0. The Labute approximate surface area is 197 Å². The standard InChI is InChI=1S/C13H17F.C11H11F3O.2C2H6/c1-10-2-4-11(5-3-10)12-6-8-13(14)9-7-12;1-7(11(12,13)14)9-3-5-10(6-4-9)8(2)15;2*1-2/h6-11H,2-5H2,1H3;3-7H,1-2H3;2*1-2H3. The number of hydrogen-bond donors (Lipinski definition) is 0. The number of ketones is 1. The Balaban J connectivity index is 0.000000540. The zero-order chi connectivity index (χ0) is 25.6. The van der Waals surface area contributed by atoms with Crippen LogP contribution in [0.25, 0.3) is 0 Å². The summed E-state index contributed by atoms with van der Waals surface area (Å²) in [6, 6.07) is 12.6. The molecule has 1 fully saturated rings. The Morgan fingerprint density at radius 3 is 1.70 bits per heavy atom. The SMILES string of the molecule is CC.CC.CC(=O)c1ccc(C(C)C(F)(F)F)cc1.CC1CCC(c2ccc(F)cc2)CC1. The molecule has 2 aromatic rings. The van der Waals surface area contributed by atoms with Gasteiger partial charge in [-0.15, -0.1) is 0 Å². The Morgan fingerprint density at radius 1 is 0.848 bits per heavy atom. The minimum Gasteiger partial charge on any atom is -0.295 e. The van der Waals surface area contributed by atoms with Gasteiger partial charge in [-0.1, -0.05) is 83.9 Å². The molecule has 1 aliphatic rings. The zero-order valence-electron chi connectivity index (χ0n) is 21.1. The Morgan fingerprint density at radius 2 is 1.30 bits per heavy atom. The van der Waals surface area contributed by atoms with E-state index in [1.807, 2.05) is 39.8 Å². The molecule has 0 radical (unpaired) electrons. The number of benzene rings is 2. The lowest BCUT2D eigenvalue weighted by atomic mass is 9.79. The summed E-state index contributed by atoms with van der Waals surface area (Å²) < 4.78 is 49.7. The van der Waals surface area contributed by atoms with Gasteiger partial charge in [0.25, 0.3) is 0 Å². The molecular formula is C28H40F4O. The van der Waals surface area contributed by atoms with Gasteiger partial charge in [-0.05, 0) is 61.8 Å². The highest BCUT2D eigenvalue weighted by Crippen LogP contribution is 2.35. The van der Waals surface area contributed by atoms with Crippen LogP contribution < -0.4 is 0 Å². The van der Waals surface area contributed by atoms with Crippen LogP contribution in [0, 0.1) is 11.7 Å². The molecular weight excluding hydrogens is 428 g/mol. The third kappa shape index (κ3) is 11.0. The first-order valence-electron chi connectivity index (χ1n) is 12.0. The van der Waals surface area contributed by atoms with Crippen LogP contribution in [0.2, 0.25) is 0 Å². The minimum absolute atomic E-state index is 0.127. The van der Waals surface area contributed by atoms with E-state index in [9.17, 15) is 22.4 Å². The number of alkyl halides is 3. The van der Waals surface area contributed by atoms with Crippen LogP contribution in [0.3, 0.4) is 0 Å². The van der Waals surface area contributed by atoms with Crippen molar-refractivity contribution in [3.63, 3.8) is 0 Å². The summed E-state index contributed by atoms with van der Waals surface area (Å²) in [6.45, 7) is 12.8. The maximum absolute atomic E-state index is 12.7. The van der Waals surface area contributed by atoms with E-state index in [1.165, 1.54) is 62.4 Å². The first-order valence-corrected chi connectivity index (χ1v) is 12.0. The number of rotatable bonds is 3. The molecule has 0 amide bonds. The van der Waals surface area contributed by atoms with E-state index in [2.05, 4.69) is 6.92 Å². The van der Waals surface area contributed by atoms with Crippen molar-refractivity contribution in [3.8, 4) is 0 Å². The third-order valence-corrected chi connectivity index (χ3v) is 5.67. The fraction of sp³-hybridized carbons (Fsp3) is 0.536. The lowest BCUT2D eigenvalue weighted by molar-refractivity contribution is -0.146. The van der Waals surface area contributed by atoms with Crippen LogP contribution >= 0.6 is 0 Å². The van der Waals surface area contributed by atoms with Gasteiger partial charge >= 0.3 is 6.18 Å². The fourth-order valence-electron chi connectivity index (χ4n) is 3.52. The Kier molecular flexibility index (Phi) is 14.6. The van der Waals surface area contributed by atoms with Crippen LogP contribution in [0.15, 0.2) is 48.5 Å². The molecule has 1 saturated carbocycles. The predicted molar refractivity (Wildman–Crippen MR) is 130 cm³/mol. The van der Waals surface area contributed by atoms with Crippen molar-refractivity contribution >= 4 is 5.78 Å². The summed E-state index contributed by atoms with van der Waals surface area (Å²) >= 11 is 0. The molecule has 0 aromatic heterocycles. The van der Waals surface area contributed by atoms with Crippen molar-refractivity contribution in [2.24, 2.45) is 5.92 Å². The molecule has 5 heteroatoms. The van der Waals surface area contributed by atoms with Crippen LogP contribution in [-0.2, 0) is 0 Å². The van der Waals surface area contributed by atoms with Crippen LogP contribution in [0.5, 0.6) is 0 Å². The molecule has 186 valence electrons. The molecule has 0 heterocycles. The highest BCUT2D eigenvalue weighted by Gasteiger charge is 2.36. The number of carbonyl (C=O) groups excluding carboxylic acids is 1. The number of halogens is 4. The van der Waals surface area contributed by atoms with Gasteiger partial charge in [0.1, 0.15) is 5.82 Å². The molecule has 1 nitrogen and oxygen atoms in total. The van der Waals surface area contributed by atoms with Gasteiger partial charge in [-0.2, -0.15) is 13.2 Å². The van der Waals surface area contributed by atoms with Gasteiger partial charge in [0.2, 0.25) is 0 Å². The minimum atomic E-state index is -4.24. The van der Waals surface area contributed by atoms with Crippen LogP contribution in [-0.4, -0.2) is 12.0 Å². The number of Topliss-reactive ketones (excluding diaryl/α,β-unsaturated/α-hetero) is 1. The van der Waals surface area contributed by atoms with E-state index < -0.39 is 12.1 Å². The van der Waals surface area contributed by atoms with E-state index in [-0.39, 0.29) is 17.2 Å². The van der Waals surface area contributed by atoms with Gasteiger partial charge < -0.3 is 0 Å². The summed E-state index contributed by atoms with van der Waals surface area (Å²) in [6.07, 6.45) is 0.946. The highest BCUT2D eigenvalue weighted by atomic mass is 19.4. The second-order valence-corrected chi connectivity index (χ2v) is 7.95. The second kappa shape index (κ2) is 15.6. The maximum Gasteiger partial charge on any atom is 0.395 e. The monoisotopic (exact) mass is 468 g/mol. The second-order valence-electron chi connectivity index (χ2n) is 7.95. The average molecular weight is 469 g/mol. The van der Waals surface area contributed by atoms with Crippen LogP contribution in [0.4, 0.5) is 17.6 Å². The third-order valence-electron chi connectivity index (χ3n) is 5.67. The molecule has 1 unspecified atom stereocenters. The fourth-order valence-corrected chi connectivity index (χ4v) is 3.52. The van der Waals surface area contributed by atoms with Crippen molar-refractivity contribution in [2.75, 3.05) is 0 Å². The summed E-state index contributed by atoms with van der Waals surface area (Å²) in [5.74, 6) is -0.226. The lowest BCUT2D eigenvalue weighted by Gasteiger charge is -2.26. The molecule has 1 aliphatic carbocycles. The topological polar surface area (TPSA) is 17.1 Å². The predicted octanol–water partition coefficient (Wildman–Crippen LogP) is 9.73. The lowest BCUT2D eigenvalue weighted by Crippen LogP contribution is -2.17. The van der Waals surface area contributed by atoms with E-state index in [0.717, 1.165) is 12.8 Å². The van der Waals surface area contributed by atoms with E-state index >= 15 is 0 Å². The Bertz CT molecular complexity index is 771. The molecule has 33 heavy (non-hydrogen) atoms. The molecule has 3 rings (SSSR count). The molecule has 2 aromatic carbocycles. The molecule has 1 atom stereocenters. The van der Waals surface area contributed by atoms with Gasteiger partial charge in [-0.25, -0.2) is 4.39 Å². The van der Waals surface area contributed by atoms with Crippen molar-refractivity contribution in [1.29, 1.82) is 0 Å². The summed E-state index contributed by atoms with van der Waals surface area (Å²) in [5.41, 5.74) is 1.92. The Hall–Kier alpha value is -2.17. The smallest absolute Gasteiger partial charge is 0.295 e. The molecule has 0 N–H and O–H groups in total. The van der Waals surface area contributed by atoms with Crippen molar-refractivity contribution in [2.45, 2.75) is 92.2 Å². The number of hydrogen-bond acceptors (Lipinski definition) is 1. The molecule has 0 spiro atoms. The maximum atomic E-state index is 12.7. The molecule has 0 bridgehead atoms. The summed E-state index contributed by atoms with van der Waals surface area (Å²) in [4.78, 5) is 10.9. The molecule has 0 saturated heterocycles. The zero-order valence-corrected chi connectivity index (χ0v) is 21.1.